The number of aromatic amines is 1. The number of benzene rings is 2. The van der Waals surface area contributed by atoms with Crippen molar-refractivity contribution in [2.24, 2.45) is 0 Å². The van der Waals surface area contributed by atoms with Crippen LogP contribution >= 0.6 is 0 Å². The second kappa shape index (κ2) is 9.09. The van der Waals surface area contributed by atoms with Gasteiger partial charge in [0.1, 0.15) is 25.8 Å². The van der Waals surface area contributed by atoms with Crippen molar-refractivity contribution in [2.75, 3.05) is 26.3 Å². The predicted molar refractivity (Wildman–Crippen MR) is 125 cm³/mol. The summed E-state index contributed by atoms with van der Waals surface area (Å²) in [5.41, 5.74) is 2.80. The third kappa shape index (κ3) is 4.16. The molecule has 0 aliphatic carbocycles. The van der Waals surface area contributed by atoms with Crippen LogP contribution in [0.25, 0.3) is 10.9 Å². The number of fused-ring (bicyclic) bond motifs is 2. The van der Waals surface area contributed by atoms with Crippen molar-refractivity contribution >= 4 is 28.7 Å². The predicted octanol–water partition coefficient (Wildman–Crippen LogP) is 2.45. The summed E-state index contributed by atoms with van der Waals surface area (Å²) in [5, 5.41) is 3.74. The monoisotopic (exact) mass is 462 g/mol. The Morgan fingerprint density at radius 1 is 1.12 bits per heavy atom. The lowest BCUT2D eigenvalue weighted by molar-refractivity contribution is -0.137. The minimum Gasteiger partial charge on any atom is -0.486 e. The molecule has 9 nitrogen and oxygen atoms in total. The number of urea groups is 1. The SMILES string of the molecule is CCN(Cc1ccc2c(c1)OCCO2)C(=O)CN1C(=O)N[C@H](Cc2c[nH]c3ccccc23)C1=O. The summed E-state index contributed by atoms with van der Waals surface area (Å²) < 4.78 is 11.2. The first-order valence-corrected chi connectivity index (χ1v) is 11.4. The number of H-pyrrole nitrogens is 1. The molecule has 3 aromatic rings. The minimum absolute atomic E-state index is 0.298. The summed E-state index contributed by atoms with van der Waals surface area (Å²) in [6, 6.07) is 12.1. The zero-order chi connectivity index (χ0) is 23.7. The molecule has 1 saturated heterocycles. The Kier molecular flexibility index (Phi) is 5.83. The molecule has 5 rings (SSSR count). The van der Waals surface area contributed by atoms with Gasteiger partial charge in [-0.2, -0.15) is 0 Å². The van der Waals surface area contributed by atoms with Crippen LogP contribution in [0.3, 0.4) is 0 Å². The van der Waals surface area contributed by atoms with Crippen LogP contribution in [0.4, 0.5) is 4.79 Å². The van der Waals surface area contributed by atoms with Gasteiger partial charge >= 0.3 is 6.03 Å². The van der Waals surface area contributed by atoms with Crippen LogP contribution in [-0.4, -0.2) is 65.0 Å². The zero-order valence-corrected chi connectivity index (χ0v) is 18.9. The topological polar surface area (TPSA) is 104 Å². The molecule has 0 unspecified atom stereocenters. The molecule has 176 valence electrons. The number of carbonyl (C=O) groups is 3. The van der Waals surface area contributed by atoms with E-state index in [-0.39, 0.29) is 18.4 Å². The van der Waals surface area contributed by atoms with E-state index in [0.29, 0.717) is 44.2 Å². The van der Waals surface area contributed by atoms with E-state index in [1.165, 1.54) is 0 Å². The molecule has 2 aliphatic heterocycles. The van der Waals surface area contributed by atoms with Crippen LogP contribution in [0.15, 0.2) is 48.7 Å². The van der Waals surface area contributed by atoms with Crippen LogP contribution < -0.4 is 14.8 Å². The molecular formula is C25H26N4O5. The first-order chi connectivity index (χ1) is 16.5. The maximum atomic E-state index is 13.0. The molecule has 0 saturated carbocycles. The van der Waals surface area contributed by atoms with Gasteiger partial charge < -0.3 is 24.7 Å². The van der Waals surface area contributed by atoms with Gasteiger partial charge in [0.25, 0.3) is 5.91 Å². The average molecular weight is 463 g/mol. The van der Waals surface area contributed by atoms with E-state index in [0.717, 1.165) is 26.9 Å². The number of ether oxygens (including phenoxy) is 2. The molecule has 3 heterocycles. The van der Waals surface area contributed by atoms with E-state index in [4.69, 9.17) is 9.47 Å². The number of para-hydroxylation sites is 1. The minimum atomic E-state index is -0.702. The summed E-state index contributed by atoms with van der Waals surface area (Å²) in [5.74, 6) is 0.652. The number of rotatable bonds is 7. The van der Waals surface area contributed by atoms with Crippen molar-refractivity contribution in [1.29, 1.82) is 0 Å². The molecule has 34 heavy (non-hydrogen) atoms. The number of hydrogen-bond acceptors (Lipinski definition) is 5. The zero-order valence-electron chi connectivity index (χ0n) is 18.9. The highest BCUT2D eigenvalue weighted by Gasteiger charge is 2.39. The number of carbonyl (C=O) groups excluding carboxylic acids is 3. The van der Waals surface area contributed by atoms with Crippen LogP contribution in [-0.2, 0) is 22.6 Å². The van der Waals surface area contributed by atoms with Gasteiger partial charge in [-0.05, 0) is 36.2 Å². The summed E-state index contributed by atoms with van der Waals surface area (Å²) in [6.45, 7) is 3.34. The van der Waals surface area contributed by atoms with Crippen LogP contribution in [0, 0.1) is 0 Å². The Labute approximate surface area is 196 Å². The fourth-order valence-corrected chi connectivity index (χ4v) is 4.40. The Hall–Kier alpha value is -4.01. The normalized spacial score (nSPS) is 17.2. The van der Waals surface area contributed by atoms with Gasteiger partial charge in [0, 0.05) is 36.6 Å². The van der Waals surface area contributed by atoms with Crippen molar-refractivity contribution in [1.82, 2.24) is 20.1 Å². The van der Waals surface area contributed by atoms with Crippen molar-refractivity contribution in [3.05, 3.63) is 59.8 Å². The molecule has 0 bridgehead atoms. The van der Waals surface area contributed by atoms with Crippen LogP contribution in [0.2, 0.25) is 0 Å². The lowest BCUT2D eigenvalue weighted by Crippen LogP contribution is -2.43. The lowest BCUT2D eigenvalue weighted by atomic mass is 10.1. The van der Waals surface area contributed by atoms with Crippen molar-refractivity contribution in [3.63, 3.8) is 0 Å². The van der Waals surface area contributed by atoms with Crippen molar-refractivity contribution in [2.45, 2.75) is 25.9 Å². The lowest BCUT2D eigenvalue weighted by Gasteiger charge is -2.24. The van der Waals surface area contributed by atoms with Gasteiger partial charge in [0.15, 0.2) is 11.5 Å². The molecular weight excluding hydrogens is 436 g/mol. The first kappa shape index (κ1) is 21.8. The summed E-state index contributed by atoms with van der Waals surface area (Å²) >= 11 is 0. The number of aromatic nitrogens is 1. The molecule has 2 N–H and O–H groups in total. The van der Waals surface area contributed by atoms with Crippen molar-refractivity contribution < 1.29 is 23.9 Å². The second-order valence-corrected chi connectivity index (χ2v) is 8.38. The molecule has 9 heteroatoms. The van der Waals surface area contributed by atoms with Crippen molar-refractivity contribution in [3.8, 4) is 11.5 Å². The van der Waals surface area contributed by atoms with Gasteiger partial charge in [-0.1, -0.05) is 24.3 Å². The maximum Gasteiger partial charge on any atom is 0.325 e. The molecule has 0 spiro atoms. The standard InChI is InChI=1S/C25H26N4O5/c1-2-28(14-16-7-8-21-22(11-16)34-10-9-33-21)23(30)15-29-24(31)20(27-25(29)32)12-17-13-26-19-6-4-3-5-18(17)19/h3-8,11,13,20,26H,2,9-10,12,14-15H2,1H3,(H,27,32)/t20-/m1/s1. The number of imide groups is 1. The number of nitrogens with zero attached hydrogens (tertiary/aromatic N) is 2. The summed E-state index contributed by atoms with van der Waals surface area (Å²) in [7, 11) is 0. The van der Waals surface area contributed by atoms with E-state index >= 15 is 0 Å². The number of nitrogens with one attached hydrogen (secondary N) is 2. The molecule has 1 aromatic heterocycles. The molecule has 2 aliphatic rings. The Morgan fingerprint density at radius 3 is 2.74 bits per heavy atom. The first-order valence-electron chi connectivity index (χ1n) is 11.4. The molecule has 1 atom stereocenters. The van der Waals surface area contributed by atoms with Crippen LogP contribution in [0.1, 0.15) is 18.1 Å². The quantitative estimate of drug-likeness (QED) is 0.525. The summed E-state index contributed by atoms with van der Waals surface area (Å²) in [6.07, 6.45) is 2.21. The van der Waals surface area contributed by atoms with E-state index in [9.17, 15) is 14.4 Å². The van der Waals surface area contributed by atoms with Crippen LogP contribution in [0.5, 0.6) is 11.5 Å². The number of amides is 4. The Morgan fingerprint density at radius 2 is 1.91 bits per heavy atom. The van der Waals surface area contributed by atoms with Gasteiger partial charge in [-0.3, -0.25) is 14.5 Å². The second-order valence-electron chi connectivity index (χ2n) is 8.38. The fourth-order valence-electron chi connectivity index (χ4n) is 4.40. The summed E-state index contributed by atoms with van der Waals surface area (Å²) in [4.78, 5) is 44.3. The molecule has 2 aromatic carbocycles. The van der Waals surface area contributed by atoms with E-state index in [1.54, 1.807) is 4.90 Å². The highest BCUT2D eigenvalue weighted by atomic mass is 16.6. The third-order valence-electron chi connectivity index (χ3n) is 6.21. The fraction of sp³-hybridized carbons (Fsp3) is 0.320. The average Bonchev–Trinajstić information content (AvgIpc) is 3.38. The largest absolute Gasteiger partial charge is 0.486 e. The molecule has 0 radical (unpaired) electrons. The van der Waals surface area contributed by atoms with Gasteiger partial charge in [0.05, 0.1) is 0 Å². The smallest absolute Gasteiger partial charge is 0.325 e. The molecule has 1 fully saturated rings. The highest BCUT2D eigenvalue weighted by Crippen LogP contribution is 2.31. The highest BCUT2D eigenvalue weighted by molar-refractivity contribution is 6.06. The van der Waals surface area contributed by atoms with Gasteiger partial charge in [-0.25, -0.2) is 4.79 Å². The Bertz CT molecular complexity index is 1250. The molecule has 4 amide bonds. The number of likely N-dealkylation sites (N-methyl/N-ethyl adjacent to an activating group) is 1. The van der Waals surface area contributed by atoms with Gasteiger partial charge in [-0.15, -0.1) is 0 Å². The third-order valence-corrected chi connectivity index (χ3v) is 6.21. The van der Waals surface area contributed by atoms with Gasteiger partial charge in [0.2, 0.25) is 5.91 Å². The van der Waals surface area contributed by atoms with E-state index < -0.39 is 12.1 Å². The van der Waals surface area contributed by atoms with E-state index in [1.807, 2.05) is 55.6 Å². The number of hydrogen-bond donors (Lipinski definition) is 2. The maximum absolute atomic E-state index is 13.0. The van der Waals surface area contributed by atoms with E-state index in [2.05, 4.69) is 10.3 Å². The Balaban J connectivity index is 1.24.